The van der Waals surface area contributed by atoms with Crippen molar-refractivity contribution in [2.45, 2.75) is 32.7 Å². The van der Waals surface area contributed by atoms with Gasteiger partial charge >= 0.3 is 0 Å². The Hall–Kier alpha value is -2.56. The Morgan fingerprint density at radius 1 is 1.21 bits per heavy atom. The van der Waals surface area contributed by atoms with E-state index in [9.17, 15) is 4.79 Å². The van der Waals surface area contributed by atoms with E-state index in [-0.39, 0.29) is 5.91 Å². The monoisotopic (exact) mass is 327 g/mol. The molecule has 5 heteroatoms. The fourth-order valence-electron chi connectivity index (χ4n) is 2.39. The number of hydrogen-bond acceptors (Lipinski definition) is 4. The van der Waals surface area contributed by atoms with Gasteiger partial charge in [0.1, 0.15) is 11.4 Å². The van der Waals surface area contributed by atoms with Crippen molar-refractivity contribution in [1.82, 2.24) is 10.3 Å². The molecule has 0 bridgehead atoms. The molecule has 0 fully saturated rings. The van der Waals surface area contributed by atoms with Gasteiger partial charge in [0, 0.05) is 30.5 Å². The van der Waals surface area contributed by atoms with E-state index in [1.807, 2.05) is 30.3 Å². The van der Waals surface area contributed by atoms with Crippen LogP contribution in [-0.2, 0) is 6.54 Å². The van der Waals surface area contributed by atoms with Gasteiger partial charge in [0.15, 0.2) is 0 Å². The average Bonchev–Trinajstić information content (AvgIpc) is 2.63. The van der Waals surface area contributed by atoms with Crippen LogP contribution in [0, 0.1) is 0 Å². The molecule has 1 aromatic carbocycles. The van der Waals surface area contributed by atoms with Crippen molar-refractivity contribution in [2.75, 3.05) is 19.0 Å². The third kappa shape index (κ3) is 5.26. The van der Waals surface area contributed by atoms with Crippen LogP contribution in [0.5, 0.6) is 5.75 Å². The number of unbranched alkanes of at least 4 members (excludes halogenated alkanes) is 2. The largest absolute Gasteiger partial charge is 0.496 e. The van der Waals surface area contributed by atoms with Gasteiger partial charge in [-0.05, 0) is 24.6 Å². The highest BCUT2D eigenvalue weighted by Gasteiger charge is 2.09. The number of ether oxygens (including phenoxy) is 1. The van der Waals surface area contributed by atoms with E-state index in [1.54, 1.807) is 19.4 Å². The smallest absolute Gasteiger partial charge is 0.270 e. The highest BCUT2D eigenvalue weighted by molar-refractivity contribution is 5.93. The first-order valence-corrected chi connectivity index (χ1v) is 8.34. The summed E-state index contributed by atoms with van der Waals surface area (Å²) < 4.78 is 5.29. The lowest BCUT2D eigenvalue weighted by molar-refractivity contribution is 0.0945. The van der Waals surface area contributed by atoms with Gasteiger partial charge in [-0.1, -0.05) is 38.0 Å². The molecule has 0 spiro atoms. The van der Waals surface area contributed by atoms with E-state index in [4.69, 9.17) is 4.74 Å². The van der Waals surface area contributed by atoms with Crippen LogP contribution < -0.4 is 15.4 Å². The summed E-state index contributed by atoms with van der Waals surface area (Å²) in [6, 6.07) is 11.3. The van der Waals surface area contributed by atoms with Gasteiger partial charge in [0.05, 0.1) is 7.11 Å². The highest BCUT2D eigenvalue weighted by Crippen LogP contribution is 2.17. The van der Waals surface area contributed by atoms with Crippen molar-refractivity contribution in [3.8, 4) is 5.75 Å². The van der Waals surface area contributed by atoms with Crippen LogP contribution in [0.2, 0.25) is 0 Å². The van der Waals surface area contributed by atoms with Gasteiger partial charge in [-0.3, -0.25) is 9.78 Å². The fraction of sp³-hybridized carbons (Fsp3) is 0.368. The zero-order valence-corrected chi connectivity index (χ0v) is 14.3. The zero-order valence-electron chi connectivity index (χ0n) is 14.3. The number of carbonyl (C=O) groups is 1. The molecule has 0 saturated heterocycles. The number of carbonyl (C=O) groups excluding carboxylic acids is 1. The molecule has 1 amide bonds. The van der Waals surface area contributed by atoms with Gasteiger partial charge in [0.25, 0.3) is 5.91 Å². The Kier molecular flexibility index (Phi) is 7.08. The molecule has 0 radical (unpaired) electrons. The van der Waals surface area contributed by atoms with Crippen LogP contribution in [0.3, 0.4) is 0 Å². The molecule has 0 aliphatic carbocycles. The molecular weight excluding hydrogens is 302 g/mol. The van der Waals surface area contributed by atoms with E-state index >= 15 is 0 Å². The van der Waals surface area contributed by atoms with Crippen molar-refractivity contribution in [2.24, 2.45) is 0 Å². The maximum Gasteiger partial charge on any atom is 0.270 e. The normalized spacial score (nSPS) is 10.2. The number of para-hydroxylation sites is 1. The number of anilines is 1. The van der Waals surface area contributed by atoms with Crippen LogP contribution in [-0.4, -0.2) is 24.5 Å². The summed E-state index contributed by atoms with van der Waals surface area (Å²) in [5, 5.41) is 6.21. The van der Waals surface area contributed by atoms with E-state index in [2.05, 4.69) is 22.5 Å². The number of aromatic nitrogens is 1. The zero-order chi connectivity index (χ0) is 17.2. The summed E-state index contributed by atoms with van der Waals surface area (Å²) >= 11 is 0. The predicted octanol–water partition coefficient (Wildman–Crippen LogP) is 3.62. The van der Waals surface area contributed by atoms with Gasteiger partial charge in [-0.15, -0.1) is 0 Å². The quantitative estimate of drug-likeness (QED) is 0.691. The minimum absolute atomic E-state index is 0.196. The van der Waals surface area contributed by atoms with Crippen molar-refractivity contribution < 1.29 is 9.53 Å². The van der Waals surface area contributed by atoms with E-state index in [1.165, 1.54) is 12.8 Å². The molecular formula is C19H25N3O2. The molecule has 0 aliphatic rings. The number of nitrogens with one attached hydrogen (secondary N) is 2. The molecule has 2 aromatic rings. The number of methoxy groups -OCH3 is 1. The SMILES string of the molecule is CCCCCNc1ccnc(C(=O)NCc2ccccc2OC)c1. The van der Waals surface area contributed by atoms with E-state index in [0.717, 1.165) is 30.0 Å². The van der Waals surface area contributed by atoms with Crippen LogP contribution in [0.25, 0.3) is 0 Å². The van der Waals surface area contributed by atoms with Crippen LogP contribution in [0.4, 0.5) is 5.69 Å². The maximum absolute atomic E-state index is 12.3. The number of benzene rings is 1. The molecule has 0 saturated carbocycles. The summed E-state index contributed by atoms with van der Waals surface area (Å²) in [7, 11) is 1.62. The third-order valence-corrected chi connectivity index (χ3v) is 3.73. The second-order valence-electron chi connectivity index (χ2n) is 5.56. The summed E-state index contributed by atoms with van der Waals surface area (Å²) in [6.07, 6.45) is 5.16. The standard InChI is InChI=1S/C19H25N3O2/c1-3-4-7-11-20-16-10-12-21-17(13-16)19(23)22-14-15-8-5-6-9-18(15)24-2/h5-6,8-10,12-13H,3-4,7,11,14H2,1-2H3,(H,20,21)(H,22,23). The lowest BCUT2D eigenvalue weighted by atomic mass is 10.2. The molecule has 1 heterocycles. The van der Waals surface area contributed by atoms with Gasteiger partial charge in [0.2, 0.25) is 0 Å². The van der Waals surface area contributed by atoms with Crippen LogP contribution in [0.1, 0.15) is 42.2 Å². The molecule has 0 unspecified atom stereocenters. The molecule has 0 aliphatic heterocycles. The first-order valence-electron chi connectivity index (χ1n) is 8.34. The van der Waals surface area contributed by atoms with Crippen molar-refractivity contribution in [3.05, 3.63) is 53.9 Å². The van der Waals surface area contributed by atoms with Gasteiger partial charge in [-0.25, -0.2) is 0 Å². The number of amides is 1. The van der Waals surface area contributed by atoms with Crippen molar-refractivity contribution in [1.29, 1.82) is 0 Å². The second-order valence-corrected chi connectivity index (χ2v) is 5.56. The molecule has 2 N–H and O–H groups in total. The Morgan fingerprint density at radius 3 is 2.83 bits per heavy atom. The minimum atomic E-state index is -0.196. The summed E-state index contributed by atoms with van der Waals surface area (Å²) in [4.78, 5) is 16.5. The lowest BCUT2D eigenvalue weighted by Gasteiger charge is -2.10. The molecule has 0 atom stereocenters. The molecule has 2 rings (SSSR count). The average molecular weight is 327 g/mol. The molecule has 1 aromatic heterocycles. The maximum atomic E-state index is 12.3. The topological polar surface area (TPSA) is 63.2 Å². The summed E-state index contributed by atoms with van der Waals surface area (Å²) in [5.41, 5.74) is 2.26. The number of rotatable bonds is 9. The Balaban J connectivity index is 1.92. The second kappa shape index (κ2) is 9.55. The van der Waals surface area contributed by atoms with Crippen molar-refractivity contribution in [3.63, 3.8) is 0 Å². The Bertz CT molecular complexity index is 659. The third-order valence-electron chi connectivity index (χ3n) is 3.73. The first-order chi connectivity index (χ1) is 11.7. The van der Waals surface area contributed by atoms with Crippen LogP contribution in [0.15, 0.2) is 42.6 Å². The number of pyridine rings is 1. The van der Waals surface area contributed by atoms with Gasteiger partial charge < -0.3 is 15.4 Å². The molecule has 24 heavy (non-hydrogen) atoms. The van der Waals surface area contributed by atoms with Gasteiger partial charge in [-0.2, -0.15) is 0 Å². The summed E-state index contributed by atoms with van der Waals surface area (Å²) in [6.45, 7) is 3.48. The Morgan fingerprint density at radius 2 is 2.04 bits per heavy atom. The number of hydrogen-bond donors (Lipinski definition) is 2. The highest BCUT2D eigenvalue weighted by atomic mass is 16.5. The number of nitrogens with zero attached hydrogens (tertiary/aromatic N) is 1. The fourth-order valence-corrected chi connectivity index (χ4v) is 2.39. The summed E-state index contributed by atoms with van der Waals surface area (Å²) in [5.74, 6) is 0.565. The van der Waals surface area contributed by atoms with E-state index in [0.29, 0.717) is 12.2 Å². The van der Waals surface area contributed by atoms with Crippen LogP contribution >= 0.6 is 0 Å². The van der Waals surface area contributed by atoms with E-state index < -0.39 is 0 Å². The lowest BCUT2D eigenvalue weighted by Crippen LogP contribution is -2.24. The molecule has 128 valence electrons. The Labute approximate surface area is 143 Å². The predicted molar refractivity (Wildman–Crippen MR) is 96.4 cm³/mol. The first kappa shape index (κ1) is 17.8. The van der Waals surface area contributed by atoms with Crippen molar-refractivity contribution >= 4 is 11.6 Å². The molecule has 5 nitrogen and oxygen atoms in total. The minimum Gasteiger partial charge on any atom is -0.496 e.